The summed E-state index contributed by atoms with van der Waals surface area (Å²) in [6.07, 6.45) is 2.70. The van der Waals surface area contributed by atoms with E-state index in [0.29, 0.717) is 23.6 Å². The van der Waals surface area contributed by atoms with Crippen LogP contribution in [0.3, 0.4) is 0 Å². The summed E-state index contributed by atoms with van der Waals surface area (Å²) in [5.41, 5.74) is 1.20. The van der Waals surface area contributed by atoms with Crippen LogP contribution < -0.4 is 14.8 Å². The van der Waals surface area contributed by atoms with Crippen LogP contribution in [0.5, 0.6) is 11.5 Å². The summed E-state index contributed by atoms with van der Waals surface area (Å²) in [7, 11) is 0. The van der Waals surface area contributed by atoms with E-state index in [1.54, 1.807) is 30.3 Å². The molecule has 0 aliphatic carbocycles. The van der Waals surface area contributed by atoms with Gasteiger partial charge in [0.15, 0.2) is 11.5 Å². The third-order valence-electron chi connectivity index (χ3n) is 3.45. The third kappa shape index (κ3) is 3.52. The van der Waals surface area contributed by atoms with Gasteiger partial charge in [-0.1, -0.05) is 18.2 Å². The Balaban J connectivity index is 1.61. The molecular formula is C17H14N2O5. The molecule has 0 fully saturated rings. The van der Waals surface area contributed by atoms with Crippen LogP contribution in [-0.2, 0) is 11.3 Å². The lowest BCUT2D eigenvalue weighted by molar-refractivity contribution is -0.385. The van der Waals surface area contributed by atoms with Crippen LogP contribution in [-0.4, -0.2) is 17.6 Å². The van der Waals surface area contributed by atoms with Gasteiger partial charge in [0.25, 0.3) is 5.69 Å². The molecule has 0 saturated carbocycles. The molecule has 0 saturated heterocycles. The number of nitrogens with one attached hydrogen (secondary N) is 1. The molecule has 0 spiro atoms. The molecule has 24 heavy (non-hydrogen) atoms. The number of nitrogens with zero attached hydrogens (tertiary/aromatic N) is 1. The minimum Gasteiger partial charge on any atom is -0.454 e. The maximum Gasteiger partial charge on any atom is 0.276 e. The zero-order chi connectivity index (χ0) is 16.9. The first-order valence-electron chi connectivity index (χ1n) is 7.21. The third-order valence-corrected chi connectivity index (χ3v) is 3.45. The Hall–Kier alpha value is -3.35. The van der Waals surface area contributed by atoms with Gasteiger partial charge >= 0.3 is 0 Å². The van der Waals surface area contributed by atoms with E-state index in [1.807, 2.05) is 6.07 Å². The number of fused-ring (bicyclic) bond motifs is 1. The van der Waals surface area contributed by atoms with Crippen LogP contribution >= 0.6 is 0 Å². The Kier molecular flexibility index (Phi) is 4.42. The van der Waals surface area contributed by atoms with Crippen LogP contribution in [0.1, 0.15) is 11.1 Å². The molecule has 1 amide bonds. The van der Waals surface area contributed by atoms with Crippen molar-refractivity contribution in [3.8, 4) is 11.5 Å². The fourth-order valence-electron chi connectivity index (χ4n) is 2.26. The first kappa shape index (κ1) is 15.5. The summed E-state index contributed by atoms with van der Waals surface area (Å²) >= 11 is 0. The molecule has 1 aliphatic rings. The van der Waals surface area contributed by atoms with E-state index in [1.165, 1.54) is 18.2 Å². The largest absolute Gasteiger partial charge is 0.454 e. The molecule has 0 radical (unpaired) electrons. The van der Waals surface area contributed by atoms with Crippen LogP contribution in [0.4, 0.5) is 5.69 Å². The average Bonchev–Trinajstić information content (AvgIpc) is 3.06. The summed E-state index contributed by atoms with van der Waals surface area (Å²) in [5.74, 6) is 0.990. The summed E-state index contributed by atoms with van der Waals surface area (Å²) < 4.78 is 10.5. The molecule has 2 aromatic rings. The van der Waals surface area contributed by atoms with E-state index in [9.17, 15) is 14.9 Å². The fraction of sp³-hybridized carbons (Fsp3) is 0.118. The first-order valence-corrected chi connectivity index (χ1v) is 7.21. The van der Waals surface area contributed by atoms with Gasteiger partial charge in [0, 0.05) is 18.7 Å². The van der Waals surface area contributed by atoms with E-state index in [-0.39, 0.29) is 18.4 Å². The summed E-state index contributed by atoms with van der Waals surface area (Å²) in [4.78, 5) is 22.3. The molecule has 0 atom stereocenters. The molecular weight excluding hydrogens is 312 g/mol. The molecule has 2 aromatic carbocycles. The van der Waals surface area contributed by atoms with Crippen LogP contribution in [0.2, 0.25) is 0 Å². The number of benzene rings is 2. The van der Waals surface area contributed by atoms with Gasteiger partial charge in [-0.15, -0.1) is 0 Å². The van der Waals surface area contributed by atoms with Gasteiger partial charge in [0.2, 0.25) is 12.7 Å². The number of hydrogen-bond acceptors (Lipinski definition) is 5. The predicted molar refractivity (Wildman–Crippen MR) is 86.5 cm³/mol. The molecule has 0 unspecified atom stereocenters. The van der Waals surface area contributed by atoms with Crippen molar-refractivity contribution in [2.75, 3.05) is 6.79 Å². The lowest BCUT2D eigenvalue weighted by Gasteiger charge is -2.04. The topological polar surface area (TPSA) is 90.7 Å². The Labute approximate surface area is 137 Å². The quantitative estimate of drug-likeness (QED) is 0.518. The number of ether oxygens (including phenoxy) is 2. The van der Waals surface area contributed by atoms with Crippen LogP contribution in [0.15, 0.2) is 48.5 Å². The molecule has 7 nitrogen and oxygen atoms in total. The molecule has 7 heteroatoms. The maximum absolute atomic E-state index is 11.9. The number of hydrogen-bond donors (Lipinski definition) is 1. The highest BCUT2D eigenvalue weighted by molar-refractivity contribution is 5.92. The van der Waals surface area contributed by atoms with Crippen molar-refractivity contribution in [3.05, 3.63) is 69.8 Å². The Morgan fingerprint density at radius 2 is 2.00 bits per heavy atom. The van der Waals surface area contributed by atoms with Crippen molar-refractivity contribution in [2.45, 2.75) is 6.54 Å². The Morgan fingerprint density at radius 1 is 1.21 bits per heavy atom. The van der Waals surface area contributed by atoms with E-state index >= 15 is 0 Å². The molecule has 0 bridgehead atoms. The molecule has 1 heterocycles. The van der Waals surface area contributed by atoms with Crippen molar-refractivity contribution >= 4 is 17.7 Å². The number of nitro groups is 1. The van der Waals surface area contributed by atoms with Crippen molar-refractivity contribution in [3.63, 3.8) is 0 Å². The highest BCUT2D eigenvalue weighted by atomic mass is 16.7. The van der Waals surface area contributed by atoms with Crippen molar-refractivity contribution in [1.29, 1.82) is 0 Å². The van der Waals surface area contributed by atoms with Gasteiger partial charge in [-0.05, 0) is 29.8 Å². The highest BCUT2D eigenvalue weighted by Crippen LogP contribution is 2.32. The minimum atomic E-state index is -0.482. The summed E-state index contributed by atoms with van der Waals surface area (Å²) in [5, 5.41) is 13.6. The van der Waals surface area contributed by atoms with Gasteiger partial charge in [-0.25, -0.2) is 0 Å². The van der Waals surface area contributed by atoms with Crippen molar-refractivity contribution < 1.29 is 19.2 Å². The van der Waals surface area contributed by atoms with E-state index < -0.39 is 4.92 Å². The molecule has 3 rings (SSSR count). The van der Waals surface area contributed by atoms with E-state index in [4.69, 9.17) is 9.47 Å². The standard InChI is InChI=1S/C17H14N2O5/c20-17(8-6-13-3-1-2-4-14(13)19(21)22)18-10-12-5-7-15-16(9-12)24-11-23-15/h1-9H,10-11H2,(H,18,20)/b8-6+. The molecule has 122 valence electrons. The SMILES string of the molecule is O=C(/C=C/c1ccccc1[N+](=O)[O-])NCc1ccc2c(c1)OCO2. The Bertz CT molecular complexity index is 816. The van der Waals surface area contributed by atoms with Gasteiger partial charge in [-0.3, -0.25) is 14.9 Å². The number of para-hydroxylation sites is 1. The smallest absolute Gasteiger partial charge is 0.276 e. The summed E-state index contributed by atoms with van der Waals surface area (Å²) in [6, 6.07) is 11.7. The van der Waals surface area contributed by atoms with Gasteiger partial charge in [0.05, 0.1) is 10.5 Å². The molecule has 1 aliphatic heterocycles. The number of nitro benzene ring substituents is 1. The van der Waals surface area contributed by atoms with Crippen molar-refractivity contribution in [2.24, 2.45) is 0 Å². The normalized spacial score (nSPS) is 12.3. The second kappa shape index (κ2) is 6.82. The van der Waals surface area contributed by atoms with Crippen LogP contribution in [0.25, 0.3) is 6.08 Å². The lowest BCUT2D eigenvalue weighted by atomic mass is 10.1. The van der Waals surface area contributed by atoms with E-state index in [0.717, 1.165) is 5.56 Å². The zero-order valence-corrected chi connectivity index (χ0v) is 12.6. The summed E-state index contributed by atoms with van der Waals surface area (Å²) in [6.45, 7) is 0.514. The molecule has 0 aromatic heterocycles. The lowest BCUT2D eigenvalue weighted by Crippen LogP contribution is -2.20. The van der Waals surface area contributed by atoms with Gasteiger partial charge < -0.3 is 14.8 Å². The van der Waals surface area contributed by atoms with Gasteiger partial charge in [-0.2, -0.15) is 0 Å². The molecule has 1 N–H and O–H groups in total. The monoisotopic (exact) mass is 326 g/mol. The highest BCUT2D eigenvalue weighted by Gasteiger charge is 2.13. The zero-order valence-electron chi connectivity index (χ0n) is 12.6. The van der Waals surface area contributed by atoms with E-state index in [2.05, 4.69) is 5.32 Å². The fourth-order valence-corrected chi connectivity index (χ4v) is 2.26. The number of carbonyl (C=O) groups is 1. The predicted octanol–water partition coefficient (Wildman–Crippen LogP) is 2.65. The number of amides is 1. The Morgan fingerprint density at radius 3 is 2.83 bits per heavy atom. The van der Waals surface area contributed by atoms with Crippen LogP contribution in [0, 0.1) is 10.1 Å². The average molecular weight is 326 g/mol. The maximum atomic E-state index is 11.9. The number of rotatable bonds is 5. The van der Waals surface area contributed by atoms with Crippen molar-refractivity contribution in [1.82, 2.24) is 5.32 Å². The minimum absolute atomic E-state index is 0.0441. The number of carbonyl (C=O) groups excluding carboxylic acids is 1. The first-order chi connectivity index (χ1) is 11.6. The van der Waals surface area contributed by atoms with Gasteiger partial charge in [0.1, 0.15) is 0 Å². The second-order valence-corrected chi connectivity index (χ2v) is 5.05. The second-order valence-electron chi connectivity index (χ2n) is 5.05.